The summed E-state index contributed by atoms with van der Waals surface area (Å²) >= 11 is 0. The van der Waals surface area contributed by atoms with Gasteiger partial charge in [-0.1, -0.05) is 0 Å². The fraction of sp³-hybridized carbons (Fsp3) is 1.00. The molecule has 0 aliphatic carbocycles. The van der Waals surface area contributed by atoms with Gasteiger partial charge in [0.1, 0.15) is 0 Å². The maximum Gasteiger partial charge on any atom is 0.0576 e. The largest absolute Gasteiger partial charge is 0.381 e. The fourth-order valence-corrected chi connectivity index (χ4v) is 2.92. The van der Waals surface area contributed by atoms with Crippen molar-refractivity contribution in [3.63, 3.8) is 0 Å². The standard InChI is InChI=1S/C13H25NO2/c1-14-13(11-7-9-15-10-11)6-2-4-12-5-3-8-16-12/h11-14H,2-10H2,1H3. The predicted octanol–water partition coefficient (Wildman–Crippen LogP) is 1.96. The van der Waals surface area contributed by atoms with Gasteiger partial charge in [-0.2, -0.15) is 0 Å². The van der Waals surface area contributed by atoms with Gasteiger partial charge in [0.15, 0.2) is 0 Å². The average Bonchev–Trinajstić information content (AvgIpc) is 2.96. The Bertz CT molecular complexity index is 186. The van der Waals surface area contributed by atoms with Gasteiger partial charge in [0, 0.05) is 19.3 Å². The van der Waals surface area contributed by atoms with E-state index in [1.807, 2.05) is 0 Å². The Labute approximate surface area is 98.9 Å². The molecule has 0 amide bonds. The number of ether oxygens (including phenoxy) is 2. The van der Waals surface area contributed by atoms with Gasteiger partial charge in [-0.25, -0.2) is 0 Å². The van der Waals surface area contributed by atoms with Crippen LogP contribution in [0.2, 0.25) is 0 Å². The SMILES string of the molecule is CNC(CCCC1CCCO1)C1CCOC1. The lowest BCUT2D eigenvalue weighted by Gasteiger charge is -2.22. The lowest BCUT2D eigenvalue weighted by atomic mass is 9.93. The van der Waals surface area contributed by atoms with E-state index in [-0.39, 0.29) is 0 Å². The molecule has 2 rings (SSSR count). The van der Waals surface area contributed by atoms with Gasteiger partial charge < -0.3 is 14.8 Å². The normalized spacial score (nSPS) is 32.1. The van der Waals surface area contributed by atoms with Crippen LogP contribution in [0.15, 0.2) is 0 Å². The zero-order valence-electron chi connectivity index (χ0n) is 10.4. The highest BCUT2D eigenvalue weighted by Crippen LogP contribution is 2.23. The molecule has 2 fully saturated rings. The zero-order valence-corrected chi connectivity index (χ0v) is 10.4. The van der Waals surface area contributed by atoms with E-state index in [1.54, 1.807) is 0 Å². The van der Waals surface area contributed by atoms with Crippen LogP contribution in [0.1, 0.15) is 38.5 Å². The van der Waals surface area contributed by atoms with Gasteiger partial charge in [0.05, 0.1) is 12.7 Å². The Morgan fingerprint density at radius 3 is 2.88 bits per heavy atom. The second-order valence-corrected chi connectivity index (χ2v) is 5.08. The Kier molecular flexibility index (Phi) is 5.07. The van der Waals surface area contributed by atoms with Crippen molar-refractivity contribution in [2.24, 2.45) is 5.92 Å². The van der Waals surface area contributed by atoms with Crippen molar-refractivity contribution in [3.05, 3.63) is 0 Å². The monoisotopic (exact) mass is 227 g/mol. The summed E-state index contributed by atoms with van der Waals surface area (Å²) in [6, 6.07) is 0.643. The highest BCUT2D eigenvalue weighted by Gasteiger charge is 2.24. The first kappa shape index (κ1) is 12.3. The highest BCUT2D eigenvalue weighted by atomic mass is 16.5. The average molecular weight is 227 g/mol. The van der Waals surface area contributed by atoms with Crippen LogP contribution in [-0.2, 0) is 9.47 Å². The molecule has 16 heavy (non-hydrogen) atoms. The molecule has 0 spiro atoms. The minimum Gasteiger partial charge on any atom is -0.381 e. The third-order valence-electron chi connectivity index (χ3n) is 3.97. The first-order chi connectivity index (χ1) is 7.90. The van der Waals surface area contributed by atoms with Crippen molar-refractivity contribution in [1.82, 2.24) is 5.32 Å². The molecule has 0 aromatic heterocycles. The van der Waals surface area contributed by atoms with Crippen LogP contribution >= 0.6 is 0 Å². The van der Waals surface area contributed by atoms with Crippen LogP contribution in [-0.4, -0.2) is 39.0 Å². The van der Waals surface area contributed by atoms with Gasteiger partial charge in [-0.3, -0.25) is 0 Å². The maximum absolute atomic E-state index is 5.65. The second kappa shape index (κ2) is 6.58. The Morgan fingerprint density at radius 2 is 2.25 bits per heavy atom. The molecule has 3 atom stereocenters. The molecule has 2 aliphatic heterocycles. The number of rotatable bonds is 6. The minimum atomic E-state index is 0.553. The summed E-state index contributed by atoms with van der Waals surface area (Å²) in [5, 5.41) is 3.45. The molecule has 3 heteroatoms. The Morgan fingerprint density at radius 1 is 1.31 bits per heavy atom. The first-order valence-electron chi connectivity index (χ1n) is 6.76. The van der Waals surface area contributed by atoms with Crippen molar-refractivity contribution in [3.8, 4) is 0 Å². The van der Waals surface area contributed by atoms with Crippen molar-refractivity contribution in [2.75, 3.05) is 26.9 Å². The Hall–Kier alpha value is -0.120. The summed E-state index contributed by atoms with van der Waals surface area (Å²) in [5.41, 5.74) is 0. The predicted molar refractivity (Wildman–Crippen MR) is 64.6 cm³/mol. The molecule has 0 aromatic carbocycles. The molecule has 2 saturated heterocycles. The maximum atomic E-state index is 5.65. The third kappa shape index (κ3) is 3.44. The molecule has 2 heterocycles. The van der Waals surface area contributed by atoms with Crippen LogP contribution in [0.5, 0.6) is 0 Å². The molecule has 0 radical (unpaired) electrons. The summed E-state index contributed by atoms with van der Waals surface area (Å²) in [7, 11) is 2.08. The van der Waals surface area contributed by atoms with E-state index >= 15 is 0 Å². The van der Waals surface area contributed by atoms with E-state index in [0.717, 1.165) is 25.7 Å². The van der Waals surface area contributed by atoms with Gasteiger partial charge >= 0.3 is 0 Å². The summed E-state index contributed by atoms with van der Waals surface area (Å²) < 4.78 is 11.1. The van der Waals surface area contributed by atoms with Gasteiger partial charge in [-0.15, -0.1) is 0 Å². The molecule has 3 unspecified atom stereocenters. The molecule has 3 nitrogen and oxygen atoms in total. The molecule has 94 valence electrons. The highest BCUT2D eigenvalue weighted by molar-refractivity contribution is 4.78. The van der Waals surface area contributed by atoms with E-state index in [4.69, 9.17) is 9.47 Å². The van der Waals surface area contributed by atoms with E-state index in [0.29, 0.717) is 12.1 Å². The third-order valence-corrected chi connectivity index (χ3v) is 3.97. The molecule has 0 aromatic rings. The zero-order chi connectivity index (χ0) is 11.2. The Balaban J connectivity index is 1.62. The quantitative estimate of drug-likeness (QED) is 0.752. The van der Waals surface area contributed by atoms with Gasteiger partial charge in [0.2, 0.25) is 0 Å². The van der Waals surface area contributed by atoms with Crippen molar-refractivity contribution in [1.29, 1.82) is 0 Å². The summed E-state index contributed by atoms with van der Waals surface area (Å²) in [4.78, 5) is 0. The van der Waals surface area contributed by atoms with Crippen molar-refractivity contribution < 1.29 is 9.47 Å². The fourth-order valence-electron chi connectivity index (χ4n) is 2.92. The number of hydrogen-bond acceptors (Lipinski definition) is 3. The second-order valence-electron chi connectivity index (χ2n) is 5.08. The van der Waals surface area contributed by atoms with E-state index < -0.39 is 0 Å². The summed E-state index contributed by atoms with van der Waals surface area (Å²) in [6.45, 7) is 2.89. The van der Waals surface area contributed by atoms with Crippen molar-refractivity contribution in [2.45, 2.75) is 50.7 Å². The molecule has 2 aliphatic rings. The van der Waals surface area contributed by atoms with E-state index in [9.17, 15) is 0 Å². The smallest absolute Gasteiger partial charge is 0.0576 e. The molecule has 1 N–H and O–H groups in total. The lowest BCUT2D eigenvalue weighted by Crippen LogP contribution is -2.34. The summed E-state index contributed by atoms with van der Waals surface area (Å²) in [5.74, 6) is 0.731. The van der Waals surface area contributed by atoms with E-state index in [2.05, 4.69) is 12.4 Å². The summed E-state index contributed by atoms with van der Waals surface area (Å²) in [6.07, 6.45) is 8.11. The number of hydrogen-bond donors (Lipinski definition) is 1. The van der Waals surface area contributed by atoms with Crippen LogP contribution in [0.3, 0.4) is 0 Å². The van der Waals surface area contributed by atoms with Crippen LogP contribution in [0.25, 0.3) is 0 Å². The lowest BCUT2D eigenvalue weighted by molar-refractivity contribution is 0.100. The van der Waals surface area contributed by atoms with E-state index in [1.165, 1.54) is 38.5 Å². The number of nitrogens with one attached hydrogen (secondary N) is 1. The van der Waals surface area contributed by atoms with Crippen LogP contribution in [0, 0.1) is 5.92 Å². The van der Waals surface area contributed by atoms with Crippen molar-refractivity contribution >= 4 is 0 Å². The minimum absolute atomic E-state index is 0.553. The first-order valence-corrected chi connectivity index (χ1v) is 6.76. The molecular formula is C13H25NO2. The molecular weight excluding hydrogens is 202 g/mol. The van der Waals surface area contributed by atoms with Crippen LogP contribution < -0.4 is 5.32 Å². The molecule has 0 saturated carbocycles. The topological polar surface area (TPSA) is 30.5 Å². The molecule has 0 bridgehead atoms. The van der Waals surface area contributed by atoms with Gasteiger partial charge in [0.25, 0.3) is 0 Å². The van der Waals surface area contributed by atoms with Gasteiger partial charge in [-0.05, 0) is 51.5 Å². The van der Waals surface area contributed by atoms with Crippen LogP contribution in [0.4, 0.5) is 0 Å².